The molecule has 1 amide bonds. The van der Waals surface area contributed by atoms with Crippen molar-refractivity contribution < 1.29 is 9.53 Å². The number of rotatable bonds is 8. The van der Waals surface area contributed by atoms with Gasteiger partial charge in [-0.3, -0.25) is 14.2 Å². The van der Waals surface area contributed by atoms with E-state index in [1.54, 1.807) is 29.1 Å². The molecule has 182 valence electrons. The highest BCUT2D eigenvalue weighted by atomic mass is 32.2. The lowest BCUT2D eigenvalue weighted by Gasteiger charge is -2.28. The van der Waals surface area contributed by atoms with Crippen LogP contribution in [0, 0.1) is 0 Å². The van der Waals surface area contributed by atoms with Gasteiger partial charge in [0.25, 0.3) is 5.56 Å². The molecule has 5 rings (SSSR count). The lowest BCUT2D eigenvalue weighted by molar-refractivity contribution is -0.121. The van der Waals surface area contributed by atoms with Gasteiger partial charge in [0.1, 0.15) is 5.82 Å². The minimum Gasteiger partial charge on any atom is -0.378 e. The summed E-state index contributed by atoms with van der Waals surface area (Å²) in [5.74, 6) is 0.724. The molecule has 35 heavy (non-hydrogen) atoms. The van der Waals surface area contributed by atoms with E-state index in [0.29, 0.717) is 42.4 Å². The van der Waals surface area contributed by atoms with Crippen LogP contribution in [0.25, 0.3) is 21.9 Å². The smallest absolute Gasteiger partial charge is 0.261 e. The predicted octanol–water partition coefficient (Wildman–Crippen LogP) is 1.30. The minimum atomic E-state index is -0.147. The molecule has 4 aromatic rings. The van der Waals surface area contributed by atoms with Gasteiger partial charge in [0, 0.05) is 32.6 Å². The number of morpholine rings is 1. The highest BCUT2D eigenvalue weighted by molar-refractivity contribution is 7.98. The molecule has 1 saturated heterocycles. The second-order valence-electron chi connectivity index (χ2n) is 8.10. The third-order valence-electron chi connectivity index (χ3n) is 5.91. The van der Waals surface area contributed by atoms with E-state index in [0.717, 1.165) is 29.9 Å². The van der Waals surface area contributed by atoms with Crippen molar-refractivity contribution in [1.82, 2.24) is 34.6 Å². The van der Waals surface area contributed by atoms with Crippen LogP contribution in [0.3, 0.4) is 0 Å². The second kappa shape index (κ2) is 10.4. The van der Waals surface area contributed by atoms with Crippen LogP contribution in [0.2, 0.25) is 0 Å². The second-order valence-corrected chi connectivity index (χ2v) is 8.87. The highest BCUT2D eigenvalue weighted by Gasteiger charge is 2.20. The summed E-state index contributed by atoms with van der Waals surface area (Å²) >= 11 is 1.48. The molecule has 1 N–H and O–H groups in total. The van der Waals surface area contributed by atoms with E-state index in [1.165, 1.54) is 22.7 Å². The number of ether oxygens (including phenoxy) is 1. The van der Waals surface area contributed by atoms with Crippen molar-refractivity contribution in [3.63, 3.8) is 0 Å². The Bertz CT molecular complexity index is 1410. The standard InChI is InChI=1S/C23H26N8O3S/c1-35-23-27-20(29-10-12-34-13-11-29)17-14-26-31(21(17)28-23)9-7-24-19(32)6-8-30-15-25-18-5-3-2-4-16(18)22(30)33/h2-5,14-15H,6-13H2,1H3,(H,24,32). The van der Waals surface area contributed by atoms with Crippen LogP contribution in [-0.2, 0) is 22.6 Å². The Hall–Kier alpha value is -3.51. The lowest BCUT2D eigenvalue weighted by atomic mass is 10.2. The summed E-state index contributed by atoms with van der Waals surface area (Å²) in [4.78, 5) is 40.9. The third kappa shape index (κ3) is 4.98. The van der Waals surface area contributed by atoms with Crippen molar-refractivity contribution >= 4 is 45.4 Å². The van der Waals surface area contributed by atoms with E-state index in [4.69, 9.17) is 9.72 Å². The summed E-state index contributed by atoms with van der Waals surface area (Å²) in [6, 6.07) is 7.18. The molecule has 4 heterocycles. The summed E-state index contributed by atoms with van der Waals surface area (Å²) < 4.78 is 8.73. The minimum absolute atomic E-state index is 0.144. The van der Waals surface area contributed by atoms with Crippen LogP contribution < -0.4 is 15.8 Å². The molecular weight excluding hydrogens is 468 g/mol. The number of nitrogens with zero attached hydrogens (tertiary/aromatic N) is 7. The molecule has 0 spiro atoms. The SMILES string of the molecule is CSc1nc(N2CCOCC2)c2cnn(CCNC(=O)CCn3cnc4ccccc4c3=O)c2n1. The third-order valence-corrected chi connectivity index (χ3v) is 6.45. The van der Waals surface area contributed by atoms with Gasteiger partial charge in [0.15, 0.2) is 10.8 Å². The normalized spacial score (nSPS) is 14.0. The Kier molecular flexibility index (Phi) is 6.91. The number of hydrogen-bond acceptors (Lipinski definition) is 9. The Morgan fingerprint density at radius 2 is 1.97 bits per heavy atom. The van der Waals surface area contributed by atoms with Gasteiger partial charge >= 0.3 is 0 Å². The number of carbonyl (C=O) groups is 1. The summed E-state index contributed by atoms with van der Waals surface area (Å²) in [7, 11) is 0. The molecule has 1 aliphatic heterocycles. The van der Waals surface area contributed by atoms with Gasteiger partial charge in [0.2, 0.25) is 5.91 Å². The van der Waals surface area contributed by atoms with Gasteiger partial charge in [-0.15, -0.1) is 0 Å². The summed E-state index contributed by atoms with van der Waals surface area (Å²) in [6.45, 7) is 4.02. The van der Waals surface area contributed by atoms with Gasteiger partial charge in [-0.2, -0.15) is 5.10 Å². The van der Waals surface area contributed by atoms with Crippen LogP contribution in [-0.4, -0.2) is 74.3 Å². The molecule has 0 atom stereocenters. The molecule has 11 nitrogen and oxygen atoms in total. The van der Waals surface area contributed by atoms with Gasteiger partial charge < -0.3 is 15.0 Å². The fraction of sp³-hybridized carbons (Fsp3) is 0.391. The van der Waals surface area contributed by atoms with E-state index < -0.39 is 0 Å². The zero-order valence-electron chi connectivity index (χ0n) is 19.4. The van der Waals surface area contributed by atoms with E-state index in [-0.39, 0.29) is 24.4 Å². The van der Waals surface area contributed by atoms with Gasteiger partial charge in [-0.05, 0) is 18.4 Å². The number of hydrogen-bond donors (Lipinski definition) is 1. The average molecular weight is 495 g/mol. The topological polar surface area (TPSA) is 120 Å². The number of aromatic nitrogens is 6. The molecule has 0 aliphatic carbocycles. The number of aryl methyl sites for hydroxylation is 1. The zero-order chi connectivity index (χ0) is 24.2. The van der Waals surface area contributed by atoms with Crippen molar-refractivity contribution in [2.24, 2.45) is 0 Å². The van der Waals surface area contributed by atoms with Gasteiger partial charge in [-0.25, -0.2) is 19.6 Å². The fourth-order valence-electron chi connectivity index (χ4n) is 4.07. The molecule has 0 saturated carbocycles. The highest BCUT2D eigenvalue weighted by Crippen LogP contribution is 2.27. The van der Waals surface area contributed by atoms with Crippen molar-refractivity contribution in [3.8, 4) is 0 Å². The number of anilines is 1. The van der Waals surface area contributed by atoms with Crippen LogP contribution >= 0.6 is 11.8 Å². The predicted molar refractivity (Wildman–Crippen MR) is 134 cm³/mol. The first kappa shape index (κ1) is 23.2. The van der Waals surface area contributed by atoms with E-state index in [9.17, 15) is 9.59 Å². The number of nitrogens with one attached hydrogen (secondary N) is 1. The van der Waals surface area contributed by atoms with Gasteiger partial charge in [-0.1, -0.05) is 23.9 Å². The van der Waals surface area contributed by atoms with E-state index in [2.05, 4.69) is 25.3 Å². The van der Waals surface area contributed by atoms with Crippen molar-refractivity contribution in [1.29, 1.82) is 0 Å². The molecule has 0 radical (unpaired) electrons. The first-order valence-corrected chi connectivity index (χ1v) is 12.7. The average Bonchev–Trinajstić information content (AvgIpc) is 3.31. The monoisotopic (exact) mass is 494 g/mol. The maximum atomic E-state index is 12.6. The largest absolute Gasteiger partial charge is 0.378 e. The summed E-state index contributed by atoms with van der Waals surface area (Å²) in [5.41, 5.74) is 1.25. The summed E-state index contributed by atoms with van der Waals surface area (Å²) in [6.07, 6.45) is 5.40. The first-order chi connectivity index (χ1) is 17.1. The quantitative estimate of drug-likeness (QED) is 0.285. The molecule has 0 unspecified atom stereocenters. The van der Waals surface area contributed by atoms with Gasteiger partial charge in [0.05, 0.1) is 48.6 Å². The molecule has 1 aromatic carbocycles. The Morgan fingerprint density at radius 3 is 2.80 bits per heavy atom. The number of thioether (sulfide) groups is 1. The maximum absolute atomic E-state index is 12.6. The van der Waals surface area contributed by atoms with Crippen molar-refractivity contribution in [2.75, 3.05) is 44.0 Å². The molecule has 1 aliphatic rings. The van der Waals surface area contributed by atoms with Crippen molar-refractivity contribution in [3.05, 3.63) is 47.1 Å². The van der Waals surface area contributed by atoms with Crippen LogP contribution in [0.15, 0.2) is 46.7 Å². The fourth-order valence-corrected chi connectivity index (χ4v) is 4.42. The Morgan fingerprint density at radius 1 is 1.14 bits per heavy atom. The number of carbonyl (C=O) groups excluding carboxylic acids is 1. The van der Waals surface area contributed by atoms with Crippen molar-refractivity contribution in [2.45, 2.75) is 24.7 Å². The molecule has 1 fully saturated rings. The number of amides is 1. The van der Waals surface area contributed by atoms with Crippen LogP contribution in [0.5, 0.6) is 0 Å². The van der Waals surface area contributed by atoms with E-state index >= 15 is 0 Å². The maximum Gasteiger partial charge on any atom is 0.261 e. The summed E-state index contributed by atoms with van der Waals surface area (Å²) in [5, 5.41) is 9.52. The lowest BCUT2D eigenvalue weighted by Crippen LogP contribution is -2.37. The van der Waals surface area contributed by atoms with Crippen LogP contribution in [0.1, 0.15) is 6.42 Å². The Balaban J connectivity index is 1.22. The molecule has 0 bridgehead atoms. The number of fused-ring (bicyclic) bond motifs is 2. The zero-order valence-corrected chi connectivity index (χ0v) is 20.2. The Labute approximate surface area is 205 Å². The van der Waals surface area contributed by atoms with E-state index in [1.807, 2.05) is 12.3 Å². The molecular formula is C23H26N8O3S. The number of benzene rings is 1. The van der Waals surface area contributed by atoms with Crippen LogP contribution in [0.4, 0.5) is 5.82 Å². The number of para-hydroxylation sites is 1. The molecule has 3 aromatic heterocycles. The first-order valence-electron chi connectivity index (χ1n) is 11.4. The molecule has 12 heteroatoms.